The van der Waals surface area contributed by atoms with Crippen LogP contribution in [0.2, 0.25) is 0 Å². The van der Waals surface area contributed by atoms with Crippen molar-refractivity contribution < 1.29 is 10.2 Å². The molecular formula is C12H23NO2. The first kappa shape index (κ1) is 14.4. The van der Waals surface area contributed by atoms with E-state index in [1.165, 1.54) is 5.57 Å². The van der Waals surface area contributed by atoms with E-state index in [-0.39, 0.29) is 6.04 Å². The van der Waals surface area contributed by atoms with E-state index in [0.29, 0.717) is 0 Å². The summed E-state index contributed by atoms with van der Waals surface area (Å²) in [7, 11) is 1.74. The first-order valence-corrected chi connectivity index (χ1v) is 5.49. The van der Waals surface area contributed by atoms with E-state index in [4.69, 9.17) is 10.2 Å². The van der Waals surface area contributed by atoms with Gasteiger partial charge >= 0.3 is 0 Å². The van der Waals surface area contributed by atoms with Gasteiger partial charge in [0.25, 0.3) is 0 Å². The van der Waals surface area contributed by atoms with Gasteiger partial charge in [-0.1, -0.05) is 30.7 Å². The Morgan fingerprint density at radius 1 is 1.40 bits per heavy atom. The van der Waals surface area contributed by atoms with Gasteiger partial charge in [-0.2, -0.15) is 0 Å². The van der Waals surface area contributed by atoms with Crippen LogP contribution < -0.4 is 5.32 Å². The van der Waals surface area contributed by atoms with Crippen molar-refractivity contribution in [2.45, 2.75) is 45.4 Å². The second-order valence-electron chi connectivity index (χ2n) is 3.55. The Balaban J connectivity index is 4.09. The Bertz CT molecular complexity index is 210. The lowest BCUT2D eigenvalue weighted by Gasteiger charge is -2.18. The van der Waals surface area contributed by atoms with Crippen LogP contribution in [0.25, 0.3) is 0 Å². The molecule has 0 saturated carbocycles. The molecule has 0 heterocycles. The van der Waals surface area contributed by atoms with E-state index >= 15 is 0 Å². The van der Waals surface area contributed by atoms with Crippen LogP contribution >= 0.6 is 0 Å². The molecule has 0 radical (unpaired) electrons. The summed E-state index contributed by atoms with van der Waals surface area (Å²) in [5.74, 6) is 0. The average molecular weight is 213 g/mol. The fourth-order valence-corrected chi connectivity index (χ4v) is 1.39. The highest BCUT2D eigenvalue weighted by atomic mass is 16.5. The summed E-state index contributed by atoms with van der Waals surface area (Å²) >= 11 is 0. The first-order chi connectivity index (χ1) is 7.15. The van der Waals surface area contributed by atoms with Crippen LogP contribution in [0.3, 0.4) is 0 Å². The minimum atomic E-state index is -1.28. The number of aliphatic hydroxyl groups is 2. The Kier molecular flexibility index (Phi) is 8.28. The Hall–Kier alpha value is -0.640. The predicted octanol–water partition coefficient (Wildman–Crippen LogP) is 1.58. The van der Waals surface area contributed by atoms with Gasteiger partial charge < -0.3 is 15.5 Å². The van der Waals surface area contributed by atoms with Crippen molar-refractivity contribution in [2.75, 3.05) is 7.05 Å². The number of nitrogens with one attached hydrogen (secondary N) is 1. The molecule has 0 aliphatic heterocycles. The zero-order valence-corrected chi connectivity index (χ0v) is 9.90. The smallest absolute Gasteiger partial charge is 0.167 e. The van der Waals surface area contributed by atoms with Crippen LogP contribution in [0.5, 0.6) is 0 Å². The van der Waals surface area contributed by atoms with Crippen molar-refractivity contribution in [3.8, 4) is 0 Å². The van der Waals surface area contributed by atoms with Crippen molar-refractivity contribution in [3.63, 3.8) is 0 Å². The molecule has 1 atom stereocenters. The molecule has 0 aliphatic rings. The van der Waals surface area contributed by atoms with Crippen molar-refractivity contribution in [3.05, 3.63) is 23.8 Å². The van der Waals surface area contributed by atoms with Crippen molar-refractivity contribution >= 4 is 0 Å². The summed E-state index contributed by atoms with van der Waals surface area (Å²) in [6.07, 6.45) is 7.46. The maximum absolute atomic E-state index is 9.03. The van der Waals surface area contributed by atoms with Crippen LogP contribution in [-0.2, 0) is 0 Å². The molecule has 0 bridgehead atoms. The first-order valence-electron chi connectivity index (χ1n) is 5.49. The standard InChI is InChI=1S/C12H23NO2/c1-4-6-7-10(5-2)8-9-11(13-3)12(14)15/h4,6-7,11-15H,5,8-9H2,1-3H3/b6-4-,10-7+/t11-/m0/s1. The fourth-order valence-electron chi connectivity index (χ4n) is 1.39. The quantitative estimate of drug-likeness (QED) is 0.444. The van der Waals surface area contributed by atoms with Crippen LogP contribution in [0.15, 0.2) is 23.8 Å². The number of hydrogen-bond donors (Lipinski definition) is 3. The zero-order chi connectivity index (χ0) is 11.7. The number of hydrogen-bond acceptors (Lipinski definition) is 3. The van der Waals surface area contributed by atoms with E-state index in [1.54, 1.807) is 7.05 Å². The van der Waals surface area contributed by atoms with Gasteiger partial charge in [-0.3, -0.25) is 0 Å². The minimum absolute atomic E-state index is 0.245. The van der Waals surface area contributed by atoms with Gasteiger partial charge in [-0.05, 0) is 33.2 Å². The molecule has 0 saturated heterocycles. The van der Waals surface area contributed by atoms with Gasteiger partial charge in [0.15, 0.2) is 6.29 Å². The van der Waals surface area contributed by atoms with Crippen LogP contribution in [0, 0.1) is 0 Å². The summed E-state index contributed by atoms with van der Waals surface area (Å²) in [6.45, 7) is 4.09. The minimum Gasteiger partial charge on any atom is -0.367 e. The number of allylic oxidation sites excluding steroid dienone is 4. The second-order valence-corrected chi connectivity index (χ2v) is 3.55. The van der Waals surface area contributed by atoms with Gasteiger partial charge in [0, 0.05) is 0 Å². The van der Waals surface area contributed by atoms with Gasteiger partial charge in [0.05, 0.1) is 6.04 Å². The molecule has 0 aliphatic carbocycles. The summed E-state index contributed by atoms with van der Waals surface area (Å²) in [4.78, 5) is 0. The SMILES string of the molecule is C/C=C\C=C(/CC)CC[C@H](NC)C(O)O. The largest absolute Gasteiger partial charge is 0.367 e. The van der Waals surface area contributed by atoms with E-state index in [0.717, 1.165) is 19.3 Å². The monoisotopic (exact) mass is 213 g/mol. The molecule has 0 aromatic rings. The molecule has 3 nitrogen and oxygen atoms in total. The Morgan fingerprint density at radius 2 is 2.07 bits per heavy atom. The number of rotatable bonds is 7. The molecular weight excluding hydrogens is 190 g/mol. The fraction of sp³-hybridized carbons (Fsp3) is 0.667. The van der Waals surface area contributed by atoms with Crippen molar-refractivity contribution in [1.29, 1.82) is 0 Å². The molecule has 0 unspecified atom stereocenters. The summed E-state index contributed by atoms with van der Waals surface area (Å²) < 4.78 is 0. The summed E-state index contributed by atoms with van der Waals surface area (Å²) in [5.41, 5.74) is 1.33. The van der Waals surface area contributed by atoms with Gasteiger partial charge in [0.1, 0.15) is 0 Å². The van der Waals surface area contributed by atoms with E-state index in [1.807, 2.05) is 19.1 Å². The highest BCUT2D eigenvalue weighted by molar-refractivity contribution is 5.11. The van der Waals surface area contributed by atoms with Crippen LogP contribution in [-0.4, -0.2) is 29.6 Å². The zero-order valence-electron chi connectivity index (χ0n) is 9.90. The lowest BCUT2D eigenvalue weighted by molar-refractivity contribution is -0.0669. The van der Waals surface area contributed by atoms with Crippen molar-refractivity contribution in [2.24, 2.45) is 0 Å². The molecule has 3 heteroatoms. The average Bonchev–Trinajstić information content (AvgIpc) is 2.23. The highest BCUT2D eigenvalue weighted by Gasteiger charge is 2.13. The summed E-state index contributed by atoms with van der Waals surface area (Å²) in [5, 5.41) is 21.0. The molecule has 0 spiro atoms. The number of aliphatic hydroxyl groups excluding tert-OH is 1. The third-order valence-electron chi connectivity index (χ3n) is 2.49. The second kappa shape index (κ2) is 8.65. The molecule has 0 amide bonds. The molecule has 88 valence electrons. The van der Waals surface area contributed by atoms with Crippen LogP contribution in [0.4, 0.5) is 0 Å². The van der Waals surface area contributed by atoms with Crippen LogP contribution in [0.1, 0.15) is 33.1 Å². The Labute approximate surface area is 92.5 Å². The predicted molar refractivity (Wildman–Crippen MR) is 63.5 cm³/mol. The molecule has 3 N–H and O–H groups in total. The number of likely N-dealkylation sites (N-methyl/N-ethyl adjacent to an activating group) is 1. The maximum atomic E-state index is 9.03. The van der Waals surface area contributed by atoms with E-state index in [9.17, 15) is 0 Å². The maximum Gasteiger partial charge on any atom is 0.167 e. The van der Waals surface area contributed by atoms with Gasteiger partial charge in [-0.15, -0.1) is 0 Å². The third kappa shape index (κ3) is 6.44. The highest BCUT2D eigenvalue weighted by Crippen LogP contribution is 2.12. The normalized spacial score (nSPS) is 15.2. The van der Waals surface area contributed by atoms with Gasteiger partial charge in [0.2, 0.25) is 0 Å². The third-order valence-corrected chi connectivity index (χ3v) is 2.49. The molecule has 0 rings (SSSR count). The van der Waals surface area contributed by atoms with E-state index in [2.05, 4.69) is 18.3 Å². The molecule has 0 aromatic heterocycles. The molecule has 15 heavy (non-hydrogen) atoms. The Morgan fingerprint density at radius 3 is 2.47 bits per heavy atom. The molecule has 0 fully saturated rings. The molecule has 0 aromatic carbocycles. The van der Waals surface area contributed by atoms with Gasteiger partial charge in [-0.25, -0.2) is 0 Å². The topological polar surface area (TPSA) is 52.5 Å². The van der Waals surface area contributed by atoms with E-state index < -0.39 is 6.29 Å². The lowest BCUT2D eigenvalue weighted by Crippen LogP contribution is -2.37. The lowest BCUT2D eigenvalue weighted by atomic mass is 10.0. The summed E-state index contributed by atoms with van der Waals surface area (Å²) in [6, 6.07) is -0.245. The van der Waals surface area contributed by atoms with Crippen molar-refractivity contribution in [1.82, 2.24) is 5.32 Å².